The number of benzene rings is 3. The van der Waals surface area contributed by atoms with Crippen molar-refractivity contribution in [2.45, 2.75) is 39.0 Å². The highest BCUT2D eigenvalue weighted by Crippen LogP contribution is 2.20. The summed E-state index contributed by atoms with van der Waals surface area (Å²) in [4.78, 5) is 4.08. The Hall–Kier alpha value is -2.90. The van der Waals surface area contributed by atoms with Crippen LogP contribution in [0, 0.1) is 10.4 Å². The molecule has 3 aromatic rings. The fourth-order valence-corrected chi connectivity index (χ4v) is 4.88. The van der Waals surface area contributed by atoms with Crippen LogP contribution in [0.25, 0.3) is 17.7 Å². The Bertz CT molecular complexity index is 1380. The highest BCUT2D eigenvalue weighted by Gasteiger charge is 2.13. The molecule has 0 saturated carbocycles. The predicted molar refractivity (Wildman–Crippen MR) is 135 cm³/mol. The molecule has 1 aliphatic heterocycles. The van der Waals surface area contributed by atoms with Crippen LogP contribution in [-0.4, -0.2) is 6.21 Å². The number of nitrogens with zero attached hydrogens (tertiary/aromatic N) is 1. The lowest BCUT2D eigenvalue weighted by Gasteiger charge is -2.18. The van der Waals surface area contributed by atoms with Crippen molar-refractivity contribution in [3.8, 4) is 0 Å². The van der Waals surface area contributed by atoms with Crippen molar-refractivity contribution in [3.63, 3.8) is 0 Å². The number of rotatable bonds is 0. The van der Waals surface area contributed by atoms with Crippen LogP contribution >= 0.6 is 12.4 Å². The fourth-order valence-electron chi connectivity index (χ4n) is 4.88. The van der Waals surface area contributed by atoms with Gasteiger partial charge in [0, 0.05) is 18.8 Å². The lowest BCUT2D eigenvalue weighted by molar-refractivity contribution is 0.805. The smallest absolute Gasteiger partial charge is 0.0270 e. The van der Waals surface area contributed by atoms with Crippen LogP contribution in [0.15, 0.2) is 71.9 Å². The number of fused-ring (bicyclic) bond motifs is 5. The van der Waals surface area contributed by atoms with E-state index in [9.17, 15) is 0 Å². The van der Waals surface area contributed by atoms with Gasteiger partial charge in [-0.15, -0.1) is 12.4 Å². The summed E-state index contributed by atoms with van der Waals surface area (Å²) >= 11 is 0. The van der Waals surface area contributed by atoms with Gasteiger partial charge in [0.1, 0.15) is 0 Å². The molecule has 0 radical (unpaired) electrons. The first kappa shape index (κ1) is 21.3. The second-order valence-electron chi connectivity index (χ2n) is 8.30. The maximum atomic E-state index is 4.08. The van der Waals surface area contributed by atoms with Crippen molar-refractivity contribution in [2.24, 2.45) is 4.99 Å². The van der Waals surface area contributed by atoms with Gasteiger partial charge in [0.15, 0.2) is 0 Å². The van der Waals surface area contributed by atoms with E-state index in [4.69, 9.17) is 0 Å². The Morgan fingerprint density at radius 3 is 2.48 bits per heavy atom. The molecule has 156 valence electrons. The van der Waals surface area contributed by atoms with Crippen molar-refractivity contribution in [1.29, 1.82) is 0 Å². The Labute approximate surface area is 190 Å². The monoisotopic (exact) mass is 425 g/mol. The minimum Gasteiger partial charge on any atom is -0.269 e. The maximum absolute atomic E-state index is 4.08. The molecule has 0 fully saturated rings. The van der Waals surface area contributed by atoms with Crippen molar-refractivity contribution in [2.75, 3.05) is 0 Å². The van der Waals surface area contributed by atoms with Crippen molar-refractivity contribution in [1.82, 2.24) is 0 Å². The van der Waals surface area contributed by atoms with E-state index < -0.39 is 0 Å². The van der Waals surface area contributed by atoms with E-state index in [-0.39, 0.29) is 12.4 Å². The molecule has 3 aromatic carbocycles. The van der Waals surface area contributed by atoms with Crippen molar-refractivity contribution in [3.05, 3.63) is 110 Å². The zero-order chi connectivity index (χ0) is 20.3. The van der Waals surface area contributed by atoms with Gasteiger partial charge in [0.05, 0.1) is 0 Å². The van der Waals surface area contributed by atoms with Gasteiger partial charge in [-0.3, -0.25) is 4.99 Å². The Kier molecular flexibility index (Phi) is 6.53. The minimum atomic E-state index is 0. The van der Waals surface area contributed by atoms with E-state index in [2.05, 4.69) is 78.7 Å². The van der Waals surface area contributed by atoms with E-state index in [1.807, 2.05) is 18.5 Å². The van der Waals surface area contributed by atoms with Crippen molar-refractivity contribution >= 4 is 36.3 Å². The third kappa shape index (κ3) is 4.29. The van der Waals surface area contributed by atoms with Crippen molar-refractivity contribution < 1.29 is 0 Å². The minimum absolute atomic E-state index is 0. The summed E-state index contributed by atoms with van der Waals surface area (Å²) in [5.41, 5.74) is 7.40. The molecule has 0 aromatic heterocycles. The molecular formula is C29H28ClN. The van der Waals surface area contributed by atoms with Gasteiger partial charge in [-0.1, -0.05) is 72.3 Å². The summed E-state index contributed by atoms with van der Waals surface area (Å²) in [6.07, 6.45) is 14.1. The van der Waals surface area contributed by atoms with Crippen LogP contribution in [0.2, 0.25) is 0 Å². The molecule has 0 N–H and O–H groups in total. The molecular weight excluding hydrogens is 398 g/mol. The van der Waals surface area contributed by atoms with E-state index in [1.165, 1.54) is 51.3 Å². The lowest BCUT2D eigenvalue weighted by atomic mass is 9.86. The molecule has 31 heavy (non-hydrogen) atoms. The van der Waals surface area contributed by atoms with Crippen LogP contribution in [-0.2, 0) is 19.3 Å². The average Bonchev–Trinajstić information content (AvgIpc) is 3.05. The molecule has 0 unspecified atom stereocenters. The van der Waals surface area contributed by atoms with Crippen LogP contribution in [0.5, 0.6) is 0 Å². The molecule has 0 bridgehead atoms. The van der Waals surface area contributed by atoms with Gasteiger partial charge in [0.25, 0.3) is 0 Å². The SMILES string of the molecule is C1=Cc2ccccc2CC=N1.CC1=c2ccc3c(c2CCC1)CC=c1ccccc1=3.Cl. The van der Waals surface area contributed by atoms with Crippen LogP contribution < -0.4 is 10.4 Å². The second-order valence-corrected chi connectivity index (χ2v) is 8.30. The van der Waals surface area contributed by atoms with E-state index in [0.29, 0.717) is 0 Å². The third-order valence-electron chi connectivity index (χ3n) is 6.46. The van der Waals surface area contributed by atoms with Gasteiger partial charge < -0.3 is 0 Å². The molecule has 0 amide bonds. The second kappa shape index (κ2) is 9.49. The number of halogens is 1. The summed E-state index contributed by atoms with van der Waals surface area (Å²) in [6.45, 7) is 2.30. The lowest BCUT2D eigenvalue weighted by Crippen LogP contribution is -2.21. The van der Waals surface area contributed by atoms with Crippen LogP contribution in [0.1, 0.15) is 42.0 Å². The zero-order valence-electron chi connectivity index (χ0n) is 18.0. The van der Waals surface area contributed by atoms with Gasteiger partial charge >= 0.3 is 0 Å². The van der Waals surface area contributed by atoms with E-state index in [0.717, 1.165) is 12.8 Å². The molecule has 0 atom stereocenters. The summed E-state index contributed by atoms with van der Waals surface area (Å²) in [6, 6.07) is 21.8. The highest BCUT2D eigenvalue weighted by atomic mass is 35.5. The van der Waals surface area contributed by atoms with Gasteiger partial charge in [-0.25, -0.2) is 0 Å². The fraction of sp³-hybridized carbons (Fsp3) is 0.207. The molecule has 1 nitrogen and oxygen atoms in total. The van der Waals surface area contributed by atoms with Crippen LogP contribution in [0.4, 0.5) is 0 Å². The molecule has 1 heterocycles. The third-order valence-corrected chi connectivity index (χ3v) is 6.46. The first-order chi connectivity index (χ1) is 14.8. The van der Waals surface area contributed by atoms with Gasteiger partial charge in [-0.2, -0.15) is 0 Å². The topological polar surface area (TPSA) is 12.4 Å². The average molecular weight is 426 g/mol. The number of hydrogen-bond donors (Lipinski definition) is 0. The summed E-state index contributed by atoms with van der Waals surface area (Å²) < 4.78 is 0. The first-order valence-electron chi connectivity index (χ1n) is 11.0. The Balaban J connectivity index is 0.000000165. The Morgan fingerprint density at radius 2 is 1.55 bits per heavy atom. The quantitative estimate of drug-likeness (QED) is 0.449. The molecule has 3 aliphatic rings. The first-order valence-corrected chi connectivity index (χ1v) is 11.0. The molecule has 6 rings (SSSR count). The summed E-state index contributed by atoms with van der Waals surface area (Å²) in [7, 11) is 0. The molecule has 2 aliphatic carbocycles. The van der Waals surface area contributed by atoms with E-state index >= 15 is 0 Å². The van der Waals surface area contributed by atoms with Crippen LogP contribution in [0.3, 0.4) is 0 Å². The normalized spacial score (nSPS) is 14.9. The van der Waals surface area contributed by atoms with Gasteiger partial charge in [-0.05, 0) is 81.8 Å². The maximum Gasteiger partial charge on any atom is 0.0270 e. The molecule has 2 heteroatoms. The van der Waals surface area contributed by atoms with E-state index in [1.54, 1.807) is 16.7 Å². The standard InChI is InChI=1S/C19H18.C10H9N.ClH/c1-13-5-4-8-17-15(13)11-12-18-16-7-3-2-6-14(16)9-10-19(17)18;1-2-4-10-6-8-11-7-5-9(10)3-1;/h2-3,6-7,9,11-12H,4-5,8,10H2,1H3;1-5,7-8H,6H2;1H. The summed E-state index contributed by atoms with van der Waals surface area (Å²) in [5.74, 6) is 0. The number of aliphatic imine (C=N–C) groups is 1. The largest absolute Gasteiger partial charge is 0.269 e. The highest BCUT2D eigenvalue weighted by molar-refractivity contribution is 5.85. The molecule has 0 saturated heterocycles. The summed E-state index contributed by atoms with van der Waals surface area (Å²) in [5, 5.41) is 5.80. The molecule has 0 spiro atoms. The Morgan fingerprint density at radius 1 is 0.742 bits per heavy atom. The van der Waals surface area contributed by atoms with Gasteiger partial charge in [0.2, 0.25) is 0 Å². The zero-order valence-corrected chi connectivity index (χ0v) is 18.8. The predicted octanol–water partition coefficient (Wildman–Crippen LogP) is 5.52. The number of hydrogen-bond acceptors (Lipinski definition) is 1.